The summed E-state index contributed by atoms with van der Waals surface area (Å²) in [6.45, 7) is 1.65. The van der Waals surface area contributed by atoms with E-state index in [0.29, 0.717) is 4.47 Å². The minimum Gasteiger partial charge on any atom is -0.481 e. The van der Waals surface area contributed by atoms with Crippen molar-refractivity contribution in [1.29, 1.82) is 0 Å². The molecule has 0 aromatic heterocycles. The molecule has 1 amide bonds. The van der Waals surface area contributed by atoms with Crippen LogP contribution in [0.25, 0.3) is 0 Å². The van der Waals surface area contributed by atoms with E-state index >= 15 is 0 Å². The zero-order valence-electron chi connectivity index (χ0n) is 10.8. The normalized spacial score (nSPS) is 10.2. The van der Waals surface area contributed by atoms with Crippen molar-refractivity contribution in [3.8, 4) is 5.75 Å². The monoisotopic (exact) mass is 337 g/mol. The number of hydrogen-bond donors (Lipinski definition) is 1. The van der Waals surface area contributed by atoms with Gasteiger partial charge in [-0.25, -0.2) is 4.39 Å². The second-order valence-corrected chi connectivity index (χ2v) is 5.14. The summed E-state index contributed by atoms with van der Waals surface area (Å²) in [5.74, 6) is -0.794. The fourth-order valence-electron chi connectivity index (χ4n) is 1.64. The highest BCUT2D eigenvalue weighted by Crippen LogP contribution is 2.21. The van der Waals surface area contributed by atoms with E-state index in [0.717, 1.165) is 11.3 Å². The first kappa shape index (κ1) is 14.5. The molecule has 0 spiro atoms. The minimum atomic E-state index is -0.511. The van der Waals surface area contributed by atoms with Crippen LogP contribution in [-0.2, 0) is 4.79 Å². The summed E-state index contributed by atoms with van der Waals surface area (Å²) in [6.07, 6.45) is 0. The van der Waals surface area contributed by atoms with Crippen molar-refractivity contribution in [3.05, 3.63) is 58.3 Å². The van der Waals surface area contributed by atoms with Crippen LogP contribution >= 0.6 is 15.9 Å². The van der Waals surface area contributed by atoms with Gasteiger partial charge >= 0.3 is 0 Å². The maximum absolute atomic E-state index is 13.5. The number of rotatable bonds is 4. The molecule has 0 aliphatic rings. The highest BCUT2D eigenvalue weighted by atomic mass is 79.9. The molecule has 104 valence electrons. The third-order valence-electron chi connectivity index (χ3n) is 2.67. The molecule has 5 heteroatoms. The molecule has 3 nitrogen and oxygen atoms in total. The summed E-state index contributed by atoms with van der Waals surface area (Å²) < 4.78 is 19.3. The summed E-state index contributed by atoms with van der Waals surface area (Å²) in [6, 6.07) is 11.8. The van der Waals surface area contributed by atoms with Crippen LogP contribution in [0.15, 0.2) is 46.9 Å². The Labute approximate surface area is 124 Å². The minimum absolute atomic E-state index is 0.0492. The molecule has 0 fully saturated rings. The van der Waals surface area contributed by atoms with Gasteiger partial charge in [0.2, 0.25) is 0 Å². The first-order valence-electron chi connectivity index (χ1n) is 5.99. The van der Waals surface area contributed by atoms with Crippen LogP contribution in [0.4, 0.5) is 10.1 Å². The lowest BCUT2D eigenvalue weighted by Crippen LogP contribution is -2.20. The predicted molar refractivity (Wildman–Crippen MR) is 79.4 cm³/mol. The Hall–Kier alpha value is -1.88. The largest absolute Gasteiger partial charge is 0.481 e. The van der Waals surface area contributed by atoms with Crippen LogP contribution in [0, 0.1) is 12.7 Å². The number of hydrogen-bond acceptors (Lipinski definition) is 2. The van der Waals surface area contributed by atoms with Gasteiger partial charge in [-0.2, -0.15) is 0 Å². The summed E-state index contributed by atoms with van der Waals surface area (Å²) in [5.41, 5.74) is 1.67. The Balaban J connectivity index is 1.94. The molecule has 0 unspecified atom stereocenters. The quantitative estimate of drug-likeness (QED) is 0.918. The second kappa shape index (κ2) is 6.52. The van der Waals surface area contributed by atoms with Gasteiger partial charge < -0.3 is 10.1 Å². The lowest BCUT2D eigenvalue weighted by molar-refractivity contribution is -0.118. The molecule has 0 saturated carbocycles. The van der Waals surface area contributed by atoms with Crippen LogP contribution in [-0.4, -0.2) is 12.5 Å². The van der Waals surface area contributed by atoms with E-state index in [-0.39, 0.29) is 18.3 Å². The molecule has 0 heterocycles. The van der Waals surface area contributed by atoms with Gasteiger partial charge in [-0.1, -0.05) is 34.1 Å². The van der Waals surface area contributed by atoms with Crippen LogP contribution in [0.5, 0.6) is 5.75 Å². The number of para-hydroxylation sites is 1. The third-order valence-corrected chi connectivity index (χ3v) is 3.17. The van der Waals surface area contributed by atoms with E-state index in [9.17, 15) is 9.18 Å². The summed E-state index contributed by atoms with van der Waals surface area (Å²) in [7, 11) is 0. The zero-order chi connectivity index (χ0) is 14.5. The number of amides is 1. The number of benzene rings is 2. The fraction of sp³-hybridized carbons (Fsp3) is 0.133. The van der Waals surface area contributed by atoms with Gasteiger partial charge in [0.1, 0.15) is 0 Å². The standard InChI is InChI=1S/C15H13BrFNO2/c1-10-4-2-3-5-13(10)18-15(19)9-20-14-7-6-11(16)8-12(14)17/h2-8H,9H2,1H3,(H,18,19). The molecule has 0 atom stereocenters. The molecular formula is C15H13BrFNO2. The van der Waals surface area contributed by atoms with Gasteiger partial charge in [-0.05, 0) is 36.8 Å². The average Bonchev–Trinajstić information content (AvgIpc) is 2.40. The van der Waals surface area contributed by atoms with Gasteiger partial charge in [0.05, 0.1) is 0 Å². The van der Waals surface area contributed by atoms with Gasteiger partial charge in [0.15, 0.2) is 18.2 Å². The van der Waals surface area contributed by atoms with Crippen molar-refractivity contribution < 1.29 is 13.9 Å². The van der Waals surface area contributed by atoms with Crippen molar-refractivity contribution in [2.45, 2.75) is 6.92 Å². The number of halogens is 2. The van der Waals surface area contributed by atoms with Crippen LogP contribution in [0.3, 0.4) is 0 Å². The zero-order valence-corrected chi connectivity index (χ0v) is 12.4. The van der Waals surface area contributed by atoms with Crippen LogP contribution < -0.4 is 10.1 Å². The first-order valence-corrected chi connectivity index (χ1v) is 6.79. The number of ether oxygens (including phenoxy) is 1. The van der Waals surface area contributed by atoms with Gasteiger partial charge in [0, 0.05) is 10.2 Å². The van der Waals surface area contributed by atoms with E-state index < -0.39 is 5.82 Å². The number of carbonyl (C=O) groups excluding carboxylic acids is 1. The molecule has 0 bridgehead atoms. The molecule has 1 N–H and O–H groups in total. The van der Waals surface area contributed by atoms with E-state index in [4.69, 9.17) is 4.74 Å². The van der Waals surface area contributed by atoms with E-state index in [1.807, 2.05) is 25.1 Å². The van der Waals surface area contributed by atoms with Crippen molar-refractivity contribution >= 4 is 27.5 Å². The molecule has 20 heavy (non-hydrogen) atoms. The van der Waals surface area contributed by atoms with Crippen molar-refractivity contribution in [2.75, 3.05) is 11.9 Å². The van der Waals surface area contributed by atoms with E-state index in [2.05, 4.69) is 21.2 Å². The van der Waals surface area contributed by atoms with Gasteiger partial charge in [0.25, 0.3) is 5.91 Å². The lowest BCUT2D eigenvalue weighted by Gasteiger charge is -2.10. The van der Waals surface area contributed by atoms with Gasteiger partial charge in [-0.3, -0.25) is 4.79 Å². The molecule has 2 rings (SSSR count). The predicted octanol–water partition coefficient (Wildman–Crippen LogP) is 3.91. The summed E-state index contributed by atoms with van der Waals surface area (Å²) in [4.78, 5) is 11.7. The number of aryl methyl sites for hydroxylation is 1. The Morgan fingerprint density at radius 2 is 2.05 bits per heavy atom. The number of anilines is 1. The maximum atomic E-state index is 13.5. The average molecular weight is 338 g/mol. The highest BCUT2D eigenvalue weighted by molar-refractivity contribution is 9.10. The molecule has 0 aliphatic carbocycles. The molecule has 2 aromatic rings. The maximum Gasteiger partial charge on any atom is 0.262 e. The van der Waals surface area contributed by atoms with E-state index in [1.54, 1.807) is 12.1 Å². The van der Waals surface area contributed by atoms with E-state index in [1.165, 1.54) is 12.1 Å². The Morgan fingerprint density at radius 3 is 2.75 bits per heavy atom. The number of nitrogens with one attached hydrogen (secondary N) is 1. The van der Waals surface area contributed by atoms with Gasteiger partial charge in [-0.15, -0.1) is 0 Å². The smallest absolute Gasteiger partial charge is 0.262 e. The first-order chi connectivity index (χ1) is 9.56. The molecule has 2 aromatic carbocycles. The molecule has 0 saturated heterocycles. The van der Waals surface area contributed by atoms with Crippen molar-refractivity contribution in [2.24, 2.45) is 0 Å². The Morgan fingerprint density at radius 1 is 1.30 bits per heavy atom. The second-order valence-electron chi connectivity index (χ2n) is 4.23. The molecule has 0 aliphatic heterocycles. The highest BCUT2D eigenvalue weighted by Gasteiger charge is 2.08. The van der Waals surface area contributed by atoms with Crippen molar-refractivity contribution in [3.63, 3.8) is 0 Å². The molecular weight excluding hydrogens is 325 g/mol. The van der Waals surface area contributed by atoms with Crippen LogP contribution in [0.2, 0.25) is 0 Å². The summed E-state index contributed by atoms with van der Waals surface area (Å²) in [5, 5.41) is 2.72. The number of carbonyl (C=O) groups is 1. The summed E-state index contributed by atoms with van der Waals surface area (Å²) >= 11 is 3.15. The fourth-order valence-corrected chi connectivity index (χ4v) is 1.97. The van der Waals surface area contributed by atoms with Crippen LogP contribution in [0.1, 0.15) is 5.56 Å². The Kier molecular flexibility index (Phi) is 4.74. The third kappa shape index (κ3) is 3.81. The van der Waals surface area contributed by atoms with Crippen molar-refractivity contribution in [1.82, 2.24) is 0 Å². The topological polar surface area (TPSA) is 38.3 Å². The SMILES string of the molecule is Cc1ccccc1NC(=O)COc1ccc(Br)cc1F. The molecule has 0 radical (unpaired) electrons. The Bertz CT molecular complexity index is 631. The lowest BCUT2D eigenvalue weighted by atomic mass is 10.2.